The van der Waals surface area contributed by atoms with E-state index in [9.17, 15) is 8.78 Å². The first-order valence-corrected chi connectivity index (χ1v) is 6.88. The van der Waals surface area contributed by atoms with E-state index >= 15 is 0 Å². The number of nitrogens with one attached hydrogen (secondary N) is 1. The Morgan fingerprint density at radius 1 is 1.19 bits per heavy atom. The van der Waals surface area contributed by atoms with Crippen LogP contribution in [0.5, 0.6) is 5.75 Å². The fourth-order valence-electron chi connectivity index (χ4n) is 2.21. The largest absolute Gasteiger partial charge is 0.497 e. The Hall–Kier alpha value is -1.65. The van der Waals surface area contributed by atoms with Gasteiger partial charge in [-0.2, -0.15) is 0 Å². The molecule has 0 spiro atoms. The first-order chi connectivity index (χ1) is 10.1. The fraction of sp³-hybridized carbons (Fsp3) is 0.250. The highest BCUT2D eigenvalue weighted by Crippen LogP contribution is 2.28. The summed E-state index contributed by atoms with van der Waals surface area (Å²) in [5, 5.41) is 3.11. The van der Waals surface area contributed by atoms with Crippen LogP contribution in [0.1, 0.15) is 17.2 Å². The van der Waals surface area contributed by atoms with Crippen molar-refractivity contribution in [3.05, 3.63) is 64.2 Å². The van der Waals surface area contributed by atoms with Gasteiger partial charge in [0.25, 0.3) is 0 Å². The highest BCUT2D eigenvalue weighted by molar-refractivity contribution is 6.31. The first kappa shape index (κ1) is 15.7. The Balaban J connectivity index is 2.30. The van der Waals surface area contributed by atoms with Crippen LogP contribution >= 0.6 is 11.6 Å². The molecule has 0 bridgehead atoms. The molecule has 0 aliphatic carbocycles. The molecule has 2 nitrogen and oxygen atoms in total. The van der Waals surface area contributed by atoms with Gasteiger partial charge in [0.05, 0.1) is 12.1 Å². The molecule has 0 aliphatic heterocycles. The first-order valence-electron chi connectivity index (χ1n) is 6.50. The molecule has 1 atom stereocenters. The standard InChI is InChI=1S/C16H16ClF2NO/c1-20-15(8-10-4-3-5-13(18)16(10)17)12-7-6-11(21-2)9-14(12)19/h3-7,9,15,20H,8H2,1-2H3. The fourth-order valence-corrected chi connectivity index (χ4v) is 2.41. The molecule has 5 heteroatoms. The summed E-state index contributed by atoms with van der Waals surface area (Å²) in [6.45, 7) is 0. The summed E-state index contributed by atoms with van der Waals surface area (Å²) in [4.78, 5) is 0. The van der Waals surface area contributed by atoms with E-state index in [1.165, 1.54) is 19.2 Å². The summed E-state index contributed by atoms with van der Waals surface area (Å²) >= 11 is 5.95. The summed E-state index contributed by atoms with van der Waals surface area (Å²) in [6.07, 6.45) is 0.385. The van der Waals surface area contributed by atoms with Crippen molar-refractivity contribution in [3.63, 3.8) is 0 Å². The molecule has 2 rings (SSSR count). The smallest absolute Gasteiger partial charge is 0.142 e. The maximum Gasteiger partial charge on any atom is 0.142 e. The highest BCUT2D eigenvalue weighted by atomic mass is 35.5. The molecule has 0 amide bonds. The Bertz CT molecular complexity index is 634. The van der Waals surface area contributed by atoms with Gasteiger partial charge in [0.15, 0.2) is 0 Å². The van der Waals surface area contributed by atoms with Crippen molar-refractivity contribution in [1.82, 2.24) is 5.32 Å². The predicted octanol–water partition coefficient (Wildman–Crippen LogP) is 4.13. The Morgan fingerprint density at radius 3 is 2.57 bits per heavy atom. The Morgan fingerprint density at radius 2 is 1.95 bits per heavy atom. The van der Waals surface area contributed by atoms with Gasteiger partial charge in [-0.05, 0) is 31.2 Å². The van der Waals surface area contributed by atoms with E-state index in [2.05, 4.69) is 5.32 Å². The molecule has 0 fully saturated rings. The topological polar surface area (TPSA) is 21.3 Å². The molecule has 2 aromatic carbocycles. The number of hydrogen-bond donors (Lipinski definition) is 1. The molecule has 0 saturated heterocycles. The van der Waals surface area contributed by atoms with Crippen molar-refractivity contribution >= 4 is 11.6 Å². The molecule has 112 valence electrons. The van der Waals surface area contributed by atoms with Crippen LogP contribution in [-0.4, -0.2) is 14.2 Å². The van der Waals surface area contributed by atoms with Crippen molar-refractivity contribution < 1.29 is 13.5 Å². The van der Waals surface area contributed by atoms with E-state index in [4.69, 9.17) is 16.3 Å². The van der Waals surface area contributed by atoms with Crippen molar-refractivity contribution in [2.45, 2.75) is 12.5 Å². The molecule has 1 N–H and O–H groups in total. The van der Waals surface area contributed by atoms with E-state index in [1.807, 2.05) is 0 Å². The van der Waals surface area contributed by atoms with E-state index in [1.54, 1.807) is 31.3 Å². The van der Waals surface area contributed by atoms with Gasteiger partial charge >= 0.3 is 0 Å². The minimum Gasteiger partial charge on any atom is -0.497 e. The number of methoxy groups -OCH3 is 1. The molecule has 0 aliphatic rings. The van der Waals surface area contributed by atoms with Crippen LogP contribution in [0.4, 0.5) is 8.78 Å². The van der Waals surface area contributed by atoms with Gasteiger partial charge < -0.3 is 10.1 Å². The van der Waals surface area contributed by atoms with Gasteiger partial charge in [-0.15, -0.1) is 0 Å². The number of ether oxygens (including phenoxy) is 1. The van der Waals surface area contributed by atoms with E-state index in [0.717, 1.165) is 0 Å². The minimum atomic E-state index is -0.473. The zero-order valence-corrected chi connectivity index (χ0v) is 12.5. The average molecular weight is 312 g/mol. The second-order valence-electron chi connectivity index (χ2n) is 4.65. The van der Waals surface area contributed by atoms with Crippen LogP contribution in [0.3, 0.4) is 0 Å². The summed E-state index contributed by atoms with van der Waals surface area (Å²) in [7, 11) is 3.21. The monoisotopic (exact) mass is 311 g/mol. The van der Waals surface area contributed by atoms with Gasteiger partial charge in [-0.25, -0.2) is 8.78 Å². The second kappa shape index (κ2) is 6.87. The zero-order valence-electron chi connectivity index (χ0n) is 11.8. The third kappa shape index (κ3) is 3.52. The third-order valence-electron chi connectivity index (χ3n) is 3.39. The maximum absolute atomic E-state index is 14.1. The summed E-state index contributed by atoms with van der Waals surface area (Å²) < 4.78 is 32.6. The van der Waals surface area contributed by atoms with E-state index in [-0.39, 0.29) is 16.9 Å². The molecule has 1 unspecified atom stereocenters. The summed E-state index contributed by atoms with van der Waals surface area (Å²) in [5.74, 6) is -0.393. The number of benzene rings is 2. The maximum atomic E-state index is 14.1. The molecule has 0 saturated carbocycles. The number of likely N-dealkylation sites (N-methyl/N-ethyl adjacent to an activating group) is 1. The van der Waals surface area contributed by atoms with E-state index in [0.29, 0.717) is 23.3 Å². The minimum absolute atomic E-state index is 0.0756. The lowest BCUT2D eigenvalue weighted by Gasteiger charge is -2.19. The molecular formula is C16H16ClF2NO. The van der Waals surface area contributed by atoms with Crippen LogP contribution in [0, 0.1) is 11.6 Å². The van der Waals surface area contributed by atoms with Crippen LogP contribution in [0.2, 0.25) is 5.02 Å². The van der Waals surface area contributed by atoms with Gasteiger partial charge in [0.2, 0.25) is 0 Å². The second-order valence-corrected chi connectivity index (χ2v) is 5.02. The van der Waals surface area contributed by atoms with Crippen LogP contribution in [-0.2, 0) is 6.42 Å². The molecule has 0 aromatic heterocycles. The Labute approximate surface area is 127 Å². The molecule has 0 radical (unpaired) electrons. The van der Waals surface area contributed by atoms with Crippen molar-refractivity contribution in [2.24, 2.45) is 0 Å². The molecular weight excluding hydrogens is 296 g/mol. The van der Waals surface area contributed by atoms with Gasteiger partial charge in [-0.3, -0.25) is 0 Å². The Kier molecular flexibility index (Phi) is 5.15. The zero-order chi connectivity index (χ0) is 15.4. The number of halogens is 3. The highest BCUT2D eigenvalue weighted by Gasteiger charge is 2.17. The lowest BCUT2D eigenvalue weighted by molar-refractivity contribution is 0.409. The average Bonchev–Trinajstić information content (AvgIpc) is 2.49. The van der Waals surface area contributed by atoms with Crippen LogP contribution in [0.25, 0.3) is 0 Å². The van der Waals surface area contributed by atoms with Gasteiger partial charge in [0.1, 0.15) is 17.4 Å². The number of rotatable bonds is 5. The van der Waals surface area contributed by atoms with Crippen molar-refractivity contribution in [3.8, 4) is 5.75 Å². The normalized spacial score (nSPS) is 12.2. The van der Waals surface area contributed by atoms with E-state index < -0.39 is 5.82 Å². The van der Waals surface area contributed by atoms with Crippen LogP contribution in [0.15, 0.2) is 36.4 Å². The quantitative estimate of drug-likeness (QED) is 0.896. The molecule has 0 heterocycles. The van der Waals surface area contributed by atoms with Gasteiger partial charge in [0, 0.05) is 17.7 Å². The SMILES string of the molecule is CNC(Cc1cccc(F)c1Cl)c1ccc(OC)cc1F. The molecule has 21 heavy (non-hydrogen) atoms. The number of hydrogen-bond acceptors (Lipinski definition) is 2. The van der Waals surface area contributed by atoms with Crippen LogP contribution < -0.4 is 10.1 Å². The summed E-state index contributed by atoms with van der Waals surface area (Å²) in [6, 6.07) is 8.99. The summed E-state index contributed by atoms with van der Waals surface area (Å²) in [5.41, 5.74) is 1.12. The lowest BCUT2D eigenvalue weighted by atomic mass is 9.98. The lowest BCUT2D eigenvalue weighted by Crippen LogP contribution is -2.20. The third-order valence-corrected chi connectivity index (χ3v) is 3.81. The van der Waals surface area contributed by atoms with Gasteiger partial charge in [-0.1, -0.05) is 29.8 Å². The molecule has 2 aromatic rings. The van der Waals surface area contributed by atoms with Crippen molar-refractivity contribution in [1.29, 1.82) is 0 Å². The predicted molar refractivity (Wildman–Crippen MR) is 79.9 cm³/mol. The van der Waals surface area contributed by atoms with Crippen molar-refractivity contribution in [2.75, 3.05) is 14.2 Å².